The minimum atomic E-state index is -0.0809. The number of thiazole rings is 1. The van der Waals surface area contributed by atoms with Crippen molar-refractivity contribution in [2.75, 3.05) is 0 Å². The SMILES string of the molecule is CC(C)c1nnc(CCC(=O)NC(C)c2cscn2)o1. The van der Waals surface area contributed by atoms with Gasteiger partial charge in [0.2, 0.25) is 17.7 Å². The summed E-state index contributed by atoms with van der Waals surface area (Å²) in [6.07, 6.45) is 0.781. The van der Waals surface area contributed by atoms with Crippen LogP contribution >= 0.6 is 11.3 Å². The molecule has 2 heterocycles. The summed E-state index contributed by atoms with van der Waals surface area (Å²) in [5, 5.41) is 12.7. The van der Waals surface area contributed by atoms with Gasteiger partial charge in [0.05, 0.1) is 17.2 Å². The van der Waals surface area contributed by atoms with E-state index in [-0.39, 0.29) is 17.9 Å². The monoisotopic (exact) mass is 294 g/mol. The van der Waals surface area contributed by atoms with Crippen molar-refractivity contribution < 1.29 is 9.21 Å². The third-order valence-corrected chi connectivity index (χ3v) is 3.42. The zero-order chi connectivity index (χ0) is 14.5. The average molecular weight is 294 g/mol. The Morgan fingerprint density at radius 1 is 1.40 bits per heavy atom. The number of carbonyl (C=O) groups excluding carboxylic acids is 1. The van der Waals surface area contributed by atoms with Crippen LogP contribution in [0.5, 0.6) is 0 Å². The van der Waals surface area contributed by atoms with Crippen molar-refractivity contribution in [3.05, 3.63) is 28.4 Å². The molecule has 0 aliphatic heterocycles. The molecule has 1 N–H and O–H groups in total. The van der Waals surface area contributed by atoms with Crippen molar-refractivity contribution in [1.29, 1.82) is 0 Å². The molecule has 0 spiro atoms. The van der Waals surface area contributed by atoms with Gasteiger partial charge in [-0.05, 0) is 6.92 Å². The second-order valence-corrected chi connectivity index (χ2v) is 5.61. The maximum Gasteiger partial charge on any atom is 0.221 e. The Bertz CT molecular complexity index is 550. The summed E-state index contributed by atoms with van der Waals surface area (Å²) in [6, 6.07) is -0.0809. The van der Waals surface area contributed by atoms with Crippen LogP contribution in [-0.4, -0.2) is 21.1 Å². The molecule has 0 fully saturated rings. The Morgan fingerprint density at radius 2 is 2.20 bits per heavy atom. The first kappa shape index (κ1) is 14.6. The standard InChI is InChI=1S/C13H18N4O2S/c1-8(2)13-17-16-12(19-13)5-4-11(18)15-9(3)10-6-20-7-14-10/h6-9H,4-5H2,1-3H3,(H,15,18). The van der Waals surface area contributed by atoms with Crippen LogP contribution in [0.4, 0.5) is 0 Å². The topological polar surface area (TPSA) is 80.9 Å². The van der Waals surface area contributed by atoms with E-state index in [9.17, 15) is 4.79 Å². The van der Waals surface area contributed by atoms with E-state index >= 15 is 0 Å². The maximum absolute atomic E-state index is 11.8. The second kappa shape index (κ2) is 6.60. The molecule has 2 aromatic rings. The summed E-state index contributed by atoms with van der Waals surface area (Å²) in [5.74, 6) is 1.27. The van der Waals surface area contributed by atoms with Gasteiger partial charge in [-0.25, -0.2) is 4.98 Å². The molecule has 0 aromatic carbocycles. The minimum absolute atomic E-state index is 0.0465. The van der Waals surface area contributed by atoms with Crippen LogP contribution in [0.3, 0.4) is 0 Å². The largest absolute Gasteiger partial charge is 0.425 e. The maximum atomic E-state index is 11.8. The van der Waals surface area contributed by atoms with E-state index in [1.54, 1.807) is 5.51 Å². The molecule has 0 aliphatic carbocycles. The number of amides is 1. The lowest BCUT2D eigenvalue weighted by atomic mass is 10.2. The number of hydrogen-bond donors (Lipinski definition) is 1. The molecule has 0 radical (unpaired) electrons. The first-order chi connectivity index (χ1) is 9.56. The summed E-state index contributed by atoms with van der Waals surface area (Å²) in [7, 11) is 0. The molecule has 6 nitrogen and oxygen atoms in total. The number of rotatable bonds is 6. The van der Waals surface area contributed by atoms with E-state index in [0.29, 0.717) is 24.6 Å². The van der Waals surface area contributed by atoms with E-state index in [2.05, 4.69) is 20.5 Å². The van der Waals surface area contributed by atoms with E-state index in [4.69, 9.17) is 4.42 Å². The van der Waals surface area contributed by atoms with Gasteiger partial charge in [-0.3, -0.25) is 4.79 Å². The molecule has 0 saturated carbocycles. The molecule has 7 heteroatoms. The van der Waals surface area contributed by atoms with Gasteiger partial charge in [-0.2, -0.15) is 0 Å². The Balaban J connectivity index is 1.80. The summed E-state index contributed by atoms with van der Waals surface area (Å²) in [4.78, 5) is 16.0. The van der Waals surface area contributed by atoms with Crippen LogP contribution in [-0.2, 0) is 11.2 Å². The Kier molecular flexibility index (Phi) is 4.84. The highest BCUT2D eigenvalue weighted by Crippen LogP contribution is 2.14. The number of hydrogen-bond acceptors (Lipinski definition) is 6. The lowest BCUT2D eigenvalue weighted by Crippen LogP contribution is -2.27. The van der Waals surface area contributed by atoms with Crippen molar-refractivity contribution in [3.8, 4) is 0 Å². The molecular weight excluding hydrogens is 276 g/mol. The quantitative estimate of drug-likeness (QED) is 0.885. The van der Waals surface area contributed by atoms with E-state index < -0.39 is 0 Å². The highest BCUT2D eigenvalue weighted by molar-refractivity contribution is 7.07. The summed E-state index contributed by atoms with van der Waals surface area (Å²) in [5.41, 5.74) is 2.63. The predicted octanol–water partition coefficient (Wildman–Crippen LogP) is 2.46. The average Bonchev–Trinajstić information content (AvgIpc) is 3.07. The number of aryl methyl sites for hydroxylation is 1. The van der Waals surface area contributed by atoms with Crippen LogP contribution in [0, 0.1) is 0 Å². The van der Waals surface area contributed by atoms with Crippen molar-refractivity contribution >= 4 is 17.2 Å². The van der Waals surface area contributed by atoms with Gasteiger partial charge in [0.25, 0.3) is 0 Å². The second-order valence-electron chi connectivity index (χ2n) is 4.89. The number of carbonyl (C=O) groups is 1. The number of aromatic nitrogens is 3. The molecule has 0 aliphatic rings. The van der Waals surface area contributed by atoms with Crippen molar-refractivity contribution in [1.82, 2.24) is 20.5 Å². The molecule has 1 atom stereocenters. The first-order valence-electron chi connectivity index (χ1n) is 6.56. The zero-order valence-electron chi connectivity index (χ0n) is 11.8. The molecule has 20 heavy (non-hydrogen) atoms. The number of nitrogens with zero attached hydrogens (tertiary/aromatic N) is 3. The van der Waals surface area contributed by atoms with Crippen LogP contribution in [0.15, 0.2) is 15.3 Å². The zero-order valence-corrected chi connectivity index (χ0v) is 12.6. The van der Waals surface area contributed by atoms with Crippen LogP contribution in [0.2, 0.25) is 0 Å². The fourth-order valence-electron chi connectivity index (χ4n) is 1.64. The van der Waals surface area contributed by atoms with E-state index in [1.807, 2.05) is 26.2 Å². The van der Waals surface area contributed by atoms with Gasteiger partial charge in [-0.1, -0.05) is 13.8 Å². The van der Waals surface area contributed by atoms with Gasteiger partial charge in [0.1, 0.15) is 0 Å². The first-order valence-corrected chi connectivity index (χ1v) is 7.50. The molecule has 2 aromatic heterocycles. The van der Waals surface area contributed by atoms with Crippen molar-refractivity contribution in [2.45, 2.75) is 45.6 Å². The molecule has 2 rings (SSSR count). The Labute approximate surface area is 121 Å². The Hall–Kier alpha value is -1.76. The predicted molar refractivity (Wildman–Crippen MR) is 75.4 cm³/mol. The lowest BCUT2D eigenvalue weighted by molar-refractivity contribution is -0.121. The molecule has 1 amide bonds. The summed E-state index contributed by atoms with van der Waals surface area (Å²) in [6.45, 7) is 5.88. The third kappa shape index (κ3) is 3.86. The third-order valence-electron chi connectivity index (χ3n) is 2.81. The molecular formula is C13H18N4O2S. The number of nitrogens with one attached hydrogen (secondary N) is 1. The summed E-state index contributed by atoms with van der Waals surface area (Å²) >= 11 is 1.51. The van der Waals surface area contributed by atoms with Gasteiger partial charge < -0.3 is 9.73 Å². The van der Waals surface area contributed by atoms with Crippen LogP contribution in [0.25, 0.3) is 0 Å². The van der Waals surface area contributed by atoms with Crippen molar-refractivity contribution in [2.24, 2.45) is 0 Å². The van der Waals surface area contributed by atoms with Gasteiger partial charge in [0.15, 0.2) is 0 Å². The van der Waals surface area contributed by atoms with E-state index in [1.165, 1.54) is 11.3 Å². The Morgan fingerprint density at radius 3 is 2.80 bits per heavy atom. The fraction of sp³-hybridized carbons (Fsp3) is 0.538. The van der Waals surface area contributed by atoms with Crippen LogP contribution < -0.4 is 5.32 Å². The van der Waals surface area contributed by atoms with Gasteiger partial charge >= 0.3 is 0 Å². The van der Waals surface area contributed by atoms with E-state index in [0.717, 1.165) is 5.69 Å². The van der Waals surface area contributed by atoms with Gasteiger partial charge in [-0.15, -0.1) is 21.5 Å². The highest BCUT2D eigenvalue weighted by atomic mass is 32.1. The minimum Gasteiger partial charge on any atom is -0.425 e. The van der Waals surface area contributed by atoms with Crippen molar-refractivity contribution in [3.63, 3.8) is 0 Å². The lowest BCUT2D eigenvalue weighted by Gasteiger charge is -2.10. The molecule has 1 unspecified atom stereocenters. The van der Waals surface area contributed by atoms with Gasteiger partial charge in [0, 0.05) is 24.1 Å². The normalized spacial score (nSPS) is 12.6. The molecule has 0 saturated heterocycles. The molecule has 0 bridgehead atoms. The fourth-order valence-corrected chi connectivity index (χ4v) is 2.29. The molecule has 108 valence electrons. The highest BCUT2D eigenvalue weighted by Gasteiger charge is 2.14. The summed E-state index contributed by atoms with van der Waals surface area (Å²) < 4.78 is 5.46. The van der Waals surface area contributed by atoms with Crippen LogP contribution in [0.1, 0.15) is 56.6 Å². The smallest absolute Gasteiger partial charge is 0.221 e.